The Morgan fingerprint density at radius 2 is 2.08 bits per heavy atom. The lowest BCUT2D eigenvalue weighted by Gasteiger charge is -2.24. The van der Waals surface area contributed by atoms with Crippen molar-refractivity contribution >= 4 is 5.91 Å². The number of nitrogens with zero attached hydrogens (tertiary/aromatic N) is 2. The number of ether oxygens (including phenoxy) is 1. The van der Waals surface area contributed by atoms with Gasteiger partial charge in [0, 0.05) is 11.3 Å². The van der Waals surface area contributed by atoms with Crippen LogP contribution >= 0.6 is 0 Å². The van der Waals surface area contributed by atoms with Gasteiger partial charge in [-0.3, -0.25) is 9.48 Å². The van der Waals surface area contributed by atoms with Gasteiger partial charge in [0.05, 0.1) is 25.4 Å². The average molecular weight is 339 g/mol. The number of rotatable bonds is 7. The van der Waals surface area contributed by atoms with Crippen molar-refractivity contribution in [3.8, 4) is 0 Å². The summed E-state index contributed by atoms with van der Waals surface area (Å²) in [6.07, 6.45) is 7.47. The minimum absolute atomic E-state index is 0.0192. The second kappa shape index (κ2) is 7.40. The van der Waals surface area contributed by atoms with Crippen LogP contribution in [0, 0.1) is 5.92 Å². The van der Waals surface area contributed by atoms with Crippen LogP contribution in [0.5, 0.6) is 0 Å². The van der Waals surface area contributed by atoms with E-state index < -0.39 is 0 Å². The first kappa shape index (κ1) is 16.3. The van der Waals surface area contributed by atoms with E-state index in [1.807, 2.05) is 12.3 Å². The summed E-state index contributed by atoms with van der Waals surface area (Å²) in [5, 5.41) is 7.71. The molecule has 2 aliphatic carbocycles. The summed E-state index contributed by atoms with van der Waals surface area (Å²) in [7, 11) is 0. The molecule has 2 aliphatic rings. The van der Waals surface area contributed by atoms with Crippen LogP contribution in [0.3, 0.4) is 0 Å². The van der Waals surface area contributed by atoms with Crippen LogP contribution in [-0.4, -0.2) is 28.9 Å². The van der Waals surface area contributed by atoms with Gasteiger partial charge >= 0.3 is 0 Å². The van der Waals surface area contributed by atoms with Gasteiger partial charge in [0.1, 0.15) is 6.61 Å². The van der Waals surface area contributed by atoms with E-state index in [9.17, 15) is 4.79 Å². The zero-order valence-electron chi connectivity index (χ0n) is 14.5. The zero-order chi connectivity index (χ0) is 17.1. The Hall–Kier alpha value is -2.14. The Morgan fingerprint density at radius 1 is 1.24 bits per heavy atom. The van der Waals surface area contributed by atoms with Gasteiger partial charge in [0.25, 0.3) is 0 Å². The van der Waals surface area contributed by atoms with Crippen molar-refractivity contribution in [3.63, 3.8) is 0 Å². The molecule has 1 fully saturated rings. The standard InChI is InChI=1S/C20H25N3O2/c24-20(14-25-13-16-9-10-16)22-18-7-4-8-19-17(18)11-21-23(19)12-15-5-2-1-3-6-15/h1-3,5-6,11,16,18H,4,7-10,12-14H2,(H,22,24)/t18-/m0/s1. The molecule has 1 atom stereocenters. The van der Waals surface area contributed by atoms with Crippen LogP contribution in [0.15, 0.2) is 36.5 Å². The molecule has 0 bridgehead atoms. The third kappa shape index (κ3) is 4.10. The molecule has 0 unspecified atom stereocenters. The molecule has 1 N–H and O–H groups in total. The van der Waals surface area contributed by atoms with Crippen molar-refractivity contribution in [2.75, 3.05) is 13.2 Å². The lowest BCUT2D eigenvalue weighted by molar-refractivity contribution is -0.126. The Kier molecular flexibility index (Phi) is 4.83. The number of fused-ring (bicyclic) bond motifs is 1. The molecule has 4 rings (SSSR count). The summed E-state index contributed by atoms with van der Waals surface area (Å²) in [5.41, 5.74) is 3.66. The summed E-state index contributed by atoms with van der Waals surface area (Å²) in [4.78, 5) is 12.2. The molecule has 132 valence electrons. The lowest BCUT2D eigenvalue weighted by Crippen LogP contribution is -2.33. The predicted octanol–water partition coefficient (Wildman–Crippen LogP) is 2.85. The number of nitrogens with one attached hydrogen (secondary N) is 1. The van der Waals surface area contributed by atoms with Crippen molar-refractivity contribution in [2.45, 2.75) is 44.7 Å². The molecule has 0 spiro atoms. The van der Waals surface area contributed by atoms with E-state index in [1.165, 1.54) is 24.1 Å². The minimum atomic E-state index is -0.0192. The van der Waals surface area contributed by atoms with E-state index >= 15 is 0 Å². The summed E-state index contributed by atoms with van der Waals surface area (Å²) < 4.78 is 7.58. The Balaban J connectivity index is 1.38. The van der Waals surface area contributed by atoms with Crippen LogP contribution < -0.4 is 5.32 Å². The molecule has 0 radical (unpaired) electrons. The van der Waals surface area contributed by atoms with E-state index in [4.69, 9.17) is 4.74 Å². The Morgan fingerprint density at radius 3 is 2.88 bits per heavy atom. The van der Waals surface area contributed by atoms with E-state index in [0.717, 1.165) is 38.0 Å². The maximum Gasteiger partial charge on any atom is 0.246 e. The quantitative estimate of drug-likeness (QED) is 0.844. The largest absolute Gasteiger partial charge is 0.371 e. The zero-order valence-corrected chi connectivity index (χ0v) is 14.5. The van der Waals surface area contributed by atoms with Gasteiger partial charge in [-0.1, -0.05) is 30.3 Å². The van der Waals surface area contributed by atoms with Gasteiger partial charge in [0.2, 0.25) is 5.91 Å². The molecule has 0 saturated heterocycles. The molecule has 1 heterocycles. The van der Waals surface area contributed by atoms with E-state index in [1.54, 1.807) is 0 Å². The van der Waals surface area contributed by atoms with Crippen molar-refractivity contribution < 1.29 is 9.53 Å². The molecule has 1 aromatic carbocycles. The highest BCUT2D eigenvalue weighted by Crippen LogP contribution is 2.30. The molecule has 2 aromatic rings. The maximum atomic E-state index is 12.2. The SMILES string of the molecule is O=C(COCC1CC1)N[C@H]1CCCc2c1cnn2Cc1ccccc1. The summed E-state index contributed by atoms with van der Waals surface area (Å²) in [6.45, 7) is 1.67. The number of hydrogen-bond donors (Lipinski definition) is 1. The third-order valence-corrected chi connectivity index (χ3v) is 5.06. The smallest absolute Gasteiger partial charge is 0.246 e. The van der Waals surface area contributed by atoms with Crippen molar-refractivity contribution in [3.05, 3.63) is 53.3 Å². The molecule has 1 saturated carbocycles. The molecular formula is C20H25N3O2. The molecule has 5 heteroatoms. The maximum absolute atomic E-state index is 12.2. The van der Waals surface area contributed by atoms with Gasteiger partial charge in [0.15, 0.2) is 0 Å². The first-order valence-corrected chi connectivity index (χ1v) is 9.25. The van der Waals surface area contributed by atoms with Crippen LogP contribution in [0.4, 0.5) is 0 Å². The summed E-state index contributed by atoms with van der Waals surface area (Å²) in [5.74, 6) is 0.666. The fraction of sp³-hybridized carbons (Fsp3) is 0.500. The first-order valence-electron chi connectivity index (χ1n) is 9.25. The number of benzene rings is 1. The first-order chi connectivity index (χ1) is 12.3. The number of amides is 1. The molecule has 1 amide bonds. The second-order valence-corrected chi connectivity index (χ2v) is 7.16. The normalized spacial score (nSPS) is 19.4. The van der Waals surface area contributed by atoms with Crippen LogP contribution in [0.2, 0.25) is 0 Å². The van der Waals surface area contributed by atoms with Crippen LogP contribution in [0.1, 0.15) is 48.5 Å². The van der Waals surface area contributed by atoms with Crippen molar-refractivity contribution in [2.24, 2.45) is 5.92 Å². The number of aromatic nitrogens is 2. The molecule has 5 nitrogen and oxygen atoms in total. The third-order valence-electron chi connectivity index (χ3n) is 5.06. The fourth-order valence-electron chi connectivity index (χ4n) is 3.50. The lowest BCUT2D eigenvalue weighted by atomic mass is 9.93. The van der Waals surface area contributed by atoms with Gasteiger partial charge in [-0.15, -0.1) is 0 Å². The predicted molar refractivity (Wildman–Crippen MR) is 95.1 cm³/mol. The van der Waals surface area contributed by atoms with Crippen LogP contribution in [-0.2, 0) is 22.5 Å². The van der Waals surface area contributed by atoms with Gasteiger partial charge in [-0.2, -0.15) is 5.10 Å². The topological polar surface area (TPSA) is 56.1 Å². The van der Waals surface area contributed by atoms with E-state index in [2.05, 4.69) is 39.4 Å². The van der Waals surface area contributed by atoms with Crippen molar-refractivity contribution in [1.29, 1.82) is 0 Å². The summed E-state index contributed by atoms with van der Waals surface area (Å²) in [6, 6.07) is 10.4. The number of carbonyl (C=O) groups excluding carboxylic acids is 1. The van der Waals surface area contributed by atoms with Crippen LogP contribution in [0.25, 0.3) is 0 Å². The average Bonchev–Trinajstić information content (AvgIpc) is 3.36. The highest BCUT2D eigenvalue weighted by Gasteiger charge is 2.26. The van der Waals surface area contributed by atoms with Gasteiger partial charge < -0.3 is 10.1 Å². The Bertz CT molecular complexity index is 722. The molecule has 25 heavy (non-hydrogen) atoms. The molecule has 0 aliphatic heterocycles. The number of hydrogen-bond acceptors (Lipinski definition) is 3. The van der Waals surface area contributed by atoms with E-state index in [-0.39, 0.29) is 18.6 Å². The summed E-state index contributed by atoms with van der Waals surface area (Å²) >= 11 is 0. The Labute approximate surface area is 148 Å². The fourth-order valence-corrected chi connectivity index (χ4v) is 3.50. The number of carbonyl (C=O) groups is 1. The van der Waals surface area contributed by atoms with Crippen molar-refractivity contribution in [1.82, 2.24) is 15.1 Å². The minimum Gasteiger partial charge on any atom is -0.371 e. The monoisotopic (exact) mass is 339 g/mol. The van der Waals surface area contributed by atoms with E-state index in [0.29, 0.717) is 5.92 Å². The molecule has 1 aromatic heterocycles. The highest BCUT2D eigenvalue weighted by atomic mass is 16.5. The van der Waals surface area contributed by atoms with Gasteiger partial charge in [-0.05, 0) is 43.6 Å². The molecular weight excluding hydrogens is 314 g/mol. The second-order valence-electron chi connectivity index (χ2n) is 7.16. The van der Waals surface area contributed by atoms with Gasteiger partial charge in [-0.25, -0.2) is 0 Å². The highest BCUT2D eigenvalue weighted by molar-refractivity contribution is 5.77.